The van der Waals surface area contributed by atoms with E-state index < -0.39 is 5.82 Å². The molecule has 2 N–H and O–H groups in total. The third kappa shape index (κ3) is 2.62. The van der Waals surface area contributed by atoms with Crippen LogP contribution < -0.4 is 10.6 Å². The van der Waals surface area contributed by atoms with Gasteiger partial charge in [-0.2, -0.15) is 0 Å². The maximum atomic E-state index is 13.5. The van der Waals surface area contributed by atoms with Crippen LogP contribution in [0.2, 0.25) is 5.02 Å². The first-order chi connectivity index (χ1) is 8.20. The van der Waals surface area contributed by atoms with Gasteiger partial charge in [0.15, 0.2) is 5.82 Å². The van der Waals surface area contributed by atoms with E-state index in [0.29, 0.717) is 16.7 Å². The van der Waals surface area contributed by atoms with E-state index in [1.807, 2.05) is 0 Å². The molecule has 0 unspecified atom stereocenters. The normalized spacial score (nSPS) is 10.1. The molecule has 0 bridgehead atoms. The lowest BCUT2D eigenvalue weighted by Crippen LogP contribution is -2.00. The molecule has 0 saturated heterocycles. The van der Waals surface area contributed by atoms with Crippen molar-refractivity contribution in [2.24, 2.45) is 0 Å². The average Bonchev–Trinajstić information content (AvgIpc) is 2.34. The topological polar surface area (TPSA) is 49.8 Å². The number of benzene rings is 1. The van der Waals surface area contributed by atoms with E-state index in [2.05, 4.69) is 20.6 Å². The summed E-state index contributed by atoms with van der Waals surface area (Å²) < 4.78 is 13.5. The van der Waals surface area contributed by atoms with Crippen molar-refractivity contribution in [2.75, 3.05) is 17.7 Å². The quantitative estimate of drug-likeness (QED) is 0.882. The van der Waals surface area contributed by atoms with E-state index in [1.165, 1.54) is 12.3 Å². The molecule has 2 aromatic rings. The summed E-state index contributed by atoms with van der Waals surface area (Å²) in [5, 5.41) is 5.93. The largest absolute Gasteiger partial charge is 0.372 e. The van der Waals surface area contributed by atoms with Gasteiger partial charge in [-0.1, -0.05) is 17.7 Å². The zero-order chi connectivity index (χ0) is 12.3. The molecule has 0 spiro atoms. The first-order valence-electron chi connectivity index (χ1n) is 4.91. The number of hydrogen-bond acceptors (Lipinski definition) is 4. The number of rotatable bonds is 3. The van der Waals surface area contributed by atoms with Crippen LogP contribution in [-0.4, -0.2) is 17.0 Å². The van der Waals surface area contributed by atoms with Gasteiger partial charge < -0.3 is 10.6 Å². The molecule has 0 aliphatic carbocycles. The number of halogens is 2. The van der Waals surface area contributed by atoms with E-state index in [1.54, 1.807) is 25.4 Å². The van der Waals surface area contributed by atoms with Gasteiger partial charge in [0.2, 0.25) is 0 Å². The molecular formula is C11H10ClFN4. The molecule has 0 aliphatic rings. The molecule has 2 rings (SSSR count). The van der Waals surface area contributed by atoms with Gasteiger partial charge in [-0.05, 0) is 12.1 Å². The molecule has 1 aromatic heterocycles. The van der Waals surface area contributed by atoms with Gasteiger partial charge in [-0.25, -0.2) is 9.37 Å². The van der Waals surface area contributed by atoms with E-state index in [0.717, 1.165) is 0 Å². The van der Waals surface area contributed by atoms with Crippen molar-refractivity contribution in [2.45, 2.75) is 0 Å². The van der Waals surface area contributed by atoms with Crippen LogP contribution >= 0.6 is 11.6 Å². The Balaban J connectivity index is 2.31. The highest BCUT2D eigenvalue weighted by Gasteiger charge is 2.07. The van der Waals surface area contributed by atoms with E-state index in [4.69, 9.17) is 11.6 Å². The van der Waals surface area contributed by atoms with Gasteiger partial charge in [0.05, 0.1) is 23.1 Å². The van der Waals surface area contributed by atoms with Gasteiger partial charge >= 0.3 is 0 Å². The third-order valence-corrected chi connectivity index (χ3v) is 2.42. The van der Waals surface area contributed by atoms with E-state index in [-0.39, 0.29) is 5.69 Å². The Hall–Kier alpha value is -1.88. The molecule has 6 heteroatoms. The van der Waals surface area contributed by atoms with Gasteiger partial charge in [0.25, 0.3) is 0 Å². The minimum atomic E-state index is -0.436. The molecule has 0 aliphatic heterocycles. The van der Waals surface area contributed by atoms with Crippen LogP contribution in [0.5, 0.6) is 0 Å². The second-order valence-corrected chi connectivity index (χ2v) is 3.67. The average molecular weight is 253 g/mol. The molecule has 17 heavy (non-hydrogen) atoms. The molecule has 0 fully saturated rings. The van der Waals surface area contributed by atoms with E-state index in [9.17, 15) is 4.39 Å². The van der Waals surface area contributed by atoms with Crippen molar-refractivity contribution in [3.05, 3.63) is 41.4 Å². The first-order valence-corrected chi connectivity index (χ1v) is 5.29. The minimum absolute atomic E-state index is 0.191. The van der Waals surface area contributed by atoms with Crippen molar-refractivity contribution in [3.63, 3.8) is 0 Å². The lowest BCUT2D eigenvalue weighted by molar-refractivity contribution is 0.632. The summed E-state index contributed by atoms with van der Waals surface area (Å²) >= 11 is 5.89. The van der Waals surface area contributed by atoms with Crippen molar-refractivity contribution >= 4 is 28.9 Å². The van der Waals surface area contributed by atoms with Crippen LogP contribution in [0, 0.1) is 5.82 Å². The van der Waals surface area contributed by atoms with Crippen molar-refractivity contribution < 1.29 is 4.39 Å². The van der Waals surface area contributed by atoms with Crippen LogP contribution in [0.1, 0.15) is 0 Å². The van der Waals surface area contributed by atoms with Gasteiger partial charge in [0, 0.05) is 7.05 Å². The molecule has 88 valence electrons. The third-order valence-electron chi connectivity index (χ3n) is 2.11. The number of para-hydroxylation sites is 1. The van der Waals surface area contributed by atoms with Crippen LogP contribution in [-0.2, 0) is 0 Å². The maximum absolute atomic E-state index is 13.5. The van der Waals surface area contributed by atoms with Crippen molar-refractivity contribution in [1.82, 2.24) is 9.97 Å². The highest BCUT2D eigenvalue weighted by molar-refractivity contribution is 6.33. The standard InChI is InChI=1S/C11H10ClFN4/c1-14-9-5-15-6-10(16-9)17-11-7(12)3-2-4-8(11)13/h2-6H,1H3,(H2,14,16,17). The number of hydrogen-bond donors (Lipinski definition) is 2. The molecule has 4 nitrogen and oxygen atoms in total. The zero-order valence-electron chi connectivity index (χ0n) is 9.04. The summed E-state index contributed by atoms with van der Waals surface area (Å²) in [5.74, 6) is 0.570. The van der Waals surface area contributed by atoms with Gasteiger partial charge in [0.1, 0.15) is 11.6 Å². The second kappa shape index (κ2) is 4.97. The molecule has 1 aromatic carbocycles. The highest BCUT2D eigenvalue weighted by atomic mass is 35.5. The number of nitrogens with zero attached hydrogens (tertiary/aromatic N) is 2. The van der Waals surface area contributed by atoms with E-state index >= 15 is 0 Å². The minimum Gasteiger partial charge on any atom is -0.372 e. The lowest BCUT2D eigenvalue weighted by Gasteiger charge is -2.09. The molecule has 0 saturated carbocycles. The summed E-state index contributed by atoms with van der Waals surface area (Å²) in [6.45, 7) is 0. The second-order valence-electron chi connectivity index (χ2n) is 3.26. The zero-order valence-corrected chi connectivity index (χ0v) is 9.79. The summed E-state index contributed by atoms with van der Waals surface area (Å²) in [6, 6.07) is 4.46. The Morgan fingerprint density at radius 2 is 2.00 bits per heavy atom. The maximum Gasteiger partial charge on any atom is 0.151 e. The Kier molecular flexibility index (Phi) is 3.39. The molecule has 0 amide bonds. The Labute approximate surface area is 103 Å². The smallest absolute Gasteiger partial charge is 0.151 e. The predicted octanol–water partition coefficient (Wildman–Crippen LogP) is 3.05. The monoisotopic (exact) mass is 252 g/mol. The van der Waals surface area contributed by atoms with Crippen LogP contribution in [0.4, 0.5) is 21.7 Å². The summed E-state index contributed by atoms with van der Waals surface area (Å²) in [4.78, 5) is 8.12. The number of nitrogens with one attached hydrogen (secondary N) is 2. The van der Waals surface area contributed by atoms with Crippen LogP contribution in [0.3, 0.4) is 0 Å². The molecule has 0 atom stereocenters. The van der Waals surface area contributed by atoms with Gasteiger partial charge in [-0.3, -0.25) is 4.98 Å². The summed E-state index contributed by atoms with van der Waals surface area (Å²) in [6.07, 6.45) is 3.05. The van der Waals surface area contributed by atoms with Crippen LogP contribution in [0.25, 0.3) is 0 Å². The Morgan fingerprint density at radius 3 is 2.71 bits per heavy atom. The highest BCUT2D eigenvalue weighted by Crippen LogP contribution is 2.27. The van der Waals surface area contributed by atoms with Crippen LogP contribution in [0.15, 0.2) is 30.6 Å². The molecule has 1 heterocycles. The van der Waals surface area contributed by atoms with Crippen molar-refractivity contribution in [1.29, 1.82) is 0 Å². The SMILES string of the molecule is CNc1cncc(Nc2c(F)cccc2Cl)n1. The van der Waals surface area contributed by atoms with Gasteiger partial charge in [-0.15, -0.1) is 0 Å². The Bertz CT molecular complexity index is 512. The Morgan fingerprint density at radius 1 is 1.24 bits per heavy atom. The lowest BCUT2D eigenvalue weighted by atomic mass is 10.3. The van der Waals surface area contributed by atoms with Crippen molar-refractivity contribution in [3.8, 4) is 0 Å². The summed E-state index contributed by atoms with van der Waals surface area (Å²) in [7, 11) is 1.73. The molecular weight excluding hydrogens is 243 g/mol. The number of aromatic nitrogens is 2. The number of anilines is 3. The fraction of sp³-hybridized carbons (Fsp3) is 0.0909. The molecule has 0 radical (unpaired) electrons. The fourth-order valence-electron chi connectivity index (χ4n) is 1.29. The fourth-order valence-corrected chi connectivity index (χ4v) is 1.50. The predicted molar refractivity (Wildman–Crippen MR) is 66.3 cm³/mol. The summed E-state index contributed by atoms with van der Waals surface area (Å²) in [5.41, 5.74) is 0.191. The first kappa shape index (κ1) is 11.6.